The Hall–Kier alpha value is -0.610. The van der Waals surface area contributed by atoms with E-state index in [9.17, 15) is 9.90 Å². The highest BCUT2D eigenvalue weighted by atomic mass is 127. The molecule has 1 aliphatic carbocycles. The van der Waals surface area contributed by atoms with Gasteiger partial charge in [-0.05, 0) is 32.1 Å². The van der Waals surface area contributed by atoms with Crippen LogP contribution >= 0.6 is 24.0 Å². The summed E-state index contributed by atoms with van der Waals surface area (Å²) in [5.41, 5.74) is -0.133. The van der Waals surface area contributed by atoms with Gasteiger partial charge < -0.3 is 25.4 Å². The van der Waals surface area contributed by atoms with Gasteiger partial charge in [0.15, 0.2) is 5.96 Å². The second kappa shape index (κ2) is 11.3. The average Bonchev–Trinajstić information content (AvgIpc) is 2.65. The summed E-state index contributed by atoms with van der Waals surface area (Å²) in [5.74, 6) is 1.07. The first-order valence-electron chi connectivity index (χ1n) is 9.36. The molecule has 1 aliphatic heterocycles. The lowest BCUT2D eigenvalue weighted by Gasteiger charge is -2.36. The van der Waals surface area contributed by atoms with Crippen LogP contribution in [0.4, 0.5) is 0 Å². The molecule has 0 aromatic heterocycles. The summed E-state index contributed by atoms with van der Waals surface area (Å²) in [6.07, 6.45) is 5.63. The number of carbonyl (C=O) groups excluding carboxylic acids is 1. The molecule has 2 aliphatic rings. The highest BCUT2D eigenvalue weighted by Crippen LogP contribution is 2.29. The van der Waals surface area contributed by atoms with Crippen molar-refractivity contribution in [3.63, 3.8) is 0 Å². The molecule has 1 saturated heterocycles. The van der Waals surface area contributed by atoms with E-state index < -0.39 is 0 Å². The van der Waals surface area contributed by atoms with Gasteiger partial charge in [0.05, 0.1) is 6.61 Å². The Kier molecular flexibility index (Phi) is 10.2. The van der Waals surface area contributed by atoms with Crippen LogP contribution in [0.2, 0.25) is 0 Å². The summed E-state index contributed by atoms with van der Waals surface area (Å²) < 4.78 is 5.41. The number of hydrogen-bond acceptors (Lipinski definition) is 4. The lowest BCUT2D eigenvalue weighted by Crippen LogP contribution is -2.51. The molecule has 2 unspecified atom stereocenters. The maximum Gasteiger partial charge on any atom is 0.225 e. The van der Waals surface area contributed by atoms with Crippen molar-refractivity contribution in [2.45, 2.75) is 44.6 Å². The molecule has 1 heterocycles. The Morgan fingerprint density at radius 3 is 2.58 bits per heavy atom. The summed E-state index contributed by atoms with van der Waals surface area (Å²) in [6, 6.07) is 0.258. The first kappa shape index (κ1) is 23.4. The molecule has 1 amide bonds. The van der Waals surface area contributed by atoms with E-state index in [0.29, 0.717) is 19.8 Å². The second-order valence-corrected chi connectivity index (χ2v) is 7.63. The minimum Gasteiger partial charge on any atom is -0.396 e. The van der Waals surface area contributed by atoms with Crippen LogP contribution in [0.1, 0.15) is 38.5 Å². The molecule has 2 atom stereocenters. The van der Waals surface area contributed by atoms with Crippen molar-refractivity contribution in [2.75, 3.05) is 47.5 Å². The van der Waals surface area contributed by atoms with Crippen LogP contribution in [0.5, 0.6) is 0 Å². The number of aliphatic hydroxyl groups is 1. The molecule has 0 radical (unpaired) electrons. The van der Waals surface area contributed by atoms with Gasteiger partial charge in [0, 0.05) is 58.3 Å². The SMILES string of the molecule is CN=C(NCC1(CO)CCOCC1)NC1CCCC(C(=O)N(C)C)C1.I. The lowest BCUT2D eigenvalue weighted by atomic mass is 9.81. The summed E-state index contributed by atoms with van der Waals surface area (Å²) >= 11 is 0. The number of halogens is 1. The molecule has 0 bridgehead atoms. The van der Waals surface area contributed by atoms with Gasteiger partial charge in [0.1, 0.15) is 0 Å². The number of aliphatic imine (C=N–C) groups is 1. The number of guanidine groups is 1. The van der Waals surface area contributed by atoms with E-state index in [0.717, 1.165) is 44.5 Å². The van der Waals surface area contributed by atoms with Crippen LogP contribution in [-0.4, -0.2) is 75.4 Å². The molecule has 0 aromatic rings. The van der Waals surface area contributed by atoms with Gasteiger partial charge in [0.25, 0.3) is 0 Å². The third-order valence-electron chi connectivity index (χ3n) is 5.55. The smallest absolute Gasteiger partial charge is 0.225 e. The number of carbonyl (C=O) groups is 1. The Balaban J connectivity index is 0.00000338. The summed E-state index contributed by atoms with van der Waals surface area (Å²) in [4.78, 5) is 18.2. The fourth-order valence-corrected chi connectivity index (χ4v) is 3.76. The fourth-order valence-electron chi connectivity index (χ4n) is 3.76. The highest BCUT2D eigenvalue weighted by molar-refractivity contribution is 14.0. The van der Waals surface area contributed by atoms with Gasteiger partial charge >= 0.3 is 0 Å². The van der Waals surface area contributed by atoms with Crippen molar-refractivity contribution in [3.8, 4) is 0 Å². The van der Waals surface area contributed by atoms with Crippen LogP contribution < -0.4 is 10.6 Å². The van der Waals surface area contributed by atoms with E-state index in [1.54, 1.807) is 11.9 Å². The van der Waals surface area contributed by atoms with E-state index in [-0.39, 0.29) is 53.9 Å². The number of nitrogens with one attached hydrogen (secondary N) is 2. The normalized spacial score (nSPS) is 25.8. The average molecular weight is 482 g/mol. The van der Waals surface area contributed by atoms with Gasteiger partial charge in [-0.1, -0.05) is 6.42 Å². The molecule has 0 aromatic carbocycles. The van der Waals surface area contributed by atoms with E-state index in [1.807, 2.05) is 14.1 Å². The second-order valence-electron chi connectivity index (χ2n) is 7.63. The summed E-state index contributed by atoms with van der Waals surface area (Å²) in [5, 5.41) is 16.6. The summed E-state index contributed by atoms with van der Waals surface area (Å²) in [7, 11) is 5.40. The summed E-state index contributed by atoms with van der Waals surface area (Å²) in [6.45, 7) is 2.24. The van der Waals surface area contributed by atoms with Crippen molar-refractivity contribution in [1.82, 2.24) is 15.5 Å². The van der Waals surface area contributed by atoms with Gasteiger partial charge in [-0.2, -0.15) is 0 Å². The van der Waals surface area contributed by atoms with E-state index in [1.165, 1.54) is 0 Å². The first-order valence-corrected chi connectivity index (χ1v) is 9.36. The molecule has 1 saturated carbocycles. The number of hydrogen-bond donors (Lipinski definition) is 3. The highest BCUT2D eigenvalue weighted by Gasteiger charge is 2.33. The zero-order chi connectivity index (χ0) is 18.3. The van der Waals surface area contributed by atoms with Crippen LogP contribution in [-0.2, 0) is 9.53 Å². The molecule has 8 heteroatoms. The number of amides is 1. The number of ether oxygens (including phenoxy) is 1. The quantitative estimate of drug-likeness (QED) is 0.312. The molecule has 7 nitrogen and oxygen atoms in total. The van der Waals surface area contributed by atoms with E-state index in [2.05, 4.69) is 15.6 Å². The van der Waals surface area contributed by atoms with Gasteiger partial charge in [0.2, 0.25) is 5.91 Å². The van der Waals surface area contributed by atoms with Crippen LogP contribution in [0, 0.1) is 11.3 Å². The number of nitrogens with zero attached hydrogens (tertiary/aromatic N) is 2. The topological polar surface area (TPSA) is 86.2 Å². The zero-order valence-corrected chi connectivity index (χ0v) is 18.6. The molecule has 2 rings (SSSR count). The van der Waals surface area contributed by atoms with E-state index in [4.69, 9.17) is 4.74 Å². The van der Waals surface area contributed by atoms with Crippen molar-refractivity contribution in [2.24, 2.45) is 16.3 Å². The molecule has 2 fully saturated rings. The standard InChI is InChI=1S/C18H34N4O3.HI/c1-19-17(20-12-18(13-23)7-9-25-10-8-18)21-15-6-4-5-14(11-15)16(24)22(2)3;/h14-15,23H,4-13H2,1-3H3,(H2,19,20,21);1H. The van der Waals surface area contributed by atoms with Gasteiger partial charge in [-0.3, -0.25) is 9.79 Å². The van der Waals surface area contributed by atoms with Gasteiger partial charge in [-0.15, -0.1) is 24.0 Å². The van der Waals surface area contributed by atoms with Crippen molar-refractivity contribution in [1.29, 1.82) is 0 Å². The third kappa shape index (κ3) is 6.53. The molecule has 3 N–H and O–H groups in total. The maximum absolute atomic E-state index is 12.2. The Morgan fingerprint density at radius 1 is 1.31 bits per heavy atom. The minimum atomic E-state index is -0.133. The molecule has 0 spiro atoms. The number of rotatable bonds is 5. The largest absolute Gasteiger partial charge is 0.396 e. The predicted octanol–water partition coefficient (Wildman–Crippen LogP) is 1.21. The van der Waals surface area contributed by atoms with Crippen LogP contribution in [0.15, 0.2) is 4.99 Å². The van der Waals surface area contributed by atoms with Gasteiger partial charge in [-0.25, -0.2) is 0 Å². The van der Waals surface area contributed by atoms with Crippen molar-refractivity contribution in [3.05, 3.63) is 0 Å². The predicted molar refractivity (Wildman–Crippen MR) is 114 cm³/mol. The van der Waals surface area contributed by atoms with Crippen LogP contribution in [0.25, 0.3) is 0 Å². The van der Waals surface area contributed by atoms with Crippen LogP contribution in [0.3, 0.4) is 0 Å². The fraction of sp³-hybridized carbons (Fsp3) is 0.889. The maximum atomic E-state index is 12.2. The monoisotopic (exact) mass is 482 g/mol. The molecular formula is C18H35IN4O3. The molecular weight excluding hydrogens is 447 g/mol. The van der Waals surface area contributed by atoms with Crippen molar-refractivity contribution < 1.29 is 14.6 Å². The molecule has 26 heavy (non-hydrogen) atoms. The Labute approximate surface area is 174 Å². The lowest BCUT2D eigenvalue weighted by molar-refractivity contribution is -0.134. The Morgan fingerprint density at radius 2 is 2.00 bits per heavy atom. The van der Waals surface area contributed by atoms with E-state index >= 15 is 0 Å². The third-order valence-corrected chi connectivity index (χ3v) is 5.55. The number of aliphatic hydroxyl groups excluding tert-OH is 1. The first-order chi connectivity index (χ1) is 12.0. The molecule has 152 valence electrons. The minimum absolute atomic E-state index is 0. The zero-order valence-electron chi connectivity index (χ0n) is 16.3. The Bertz CT molecular complexity index is 467. The van der Waals surface area contributed by atoms with Crippen molar-refractivity contribution >= 4 is 35.8 Å².